The van der Waals surface area contributed by atoms with Gasteiger partial charge in [0.05, 0.1) is 10.5 Å². The summed E-state index contributed by atoms with van der Waals surface area (Å²) in [5.74, 6) is 0. The van der Waals surface area contributed by atoms with Crippen LogP contribution in [0.2, 0.25) is 5.02 Å². The van der Waals surface area contributed by atoms with Crippen LogP contribution in [0.1, 0.15) is 58.2 Å². The van der Waals surface area contributed by atoms with Gasteiger partial charge in [0.15, 0.2) is 0 Å². The Balaban J connectivity index is 2.94. The van der Waals surface area contributed by atoms with Gasteiger partial charge in [0.1, 0.15) is 0 Å². The molecule has 0 amide bonds. The van der Waals surface area contributed by atoms with Crippen LogP contribution in [0.4, 0.5) is 0 Å². The van der Waals surface area contributed by atoms with Crippen molar-refractivity contribution in [2.75, 3.05) is 0 Å². The Kier molecular flexibility index (Phi) is 3.62. The van der Waals surface area contributed by atoms with E-state index in [4.69, 9.17) is 11.6 Å². The van der Waals surface area contributed by atoms with Crippen molar-refractivity contribution in [3.8, 4) is 0 Å². The topological polar surface area (TPSA) is 12.9 Å². The van der Waals surface area contributed by atoms with Crippen LogP contribution in [0.25, 0.3) is 10.9 Å². The summed E-state index contributed by atoms with van der Waals surface area (Å²) in [6.07, 6.45) is 1.86. The van der Waals surface area contributed by atoms with Gasteiger partial charge in [-0.3, -0.25) is 4.98 Å². The van der Waals surface area contributed by atoms with E-state index < -0.39 is 0 Å². The van der Waals surface area contributed by atoms with Crippen LogP contribution in [0.3, 0.4) is 0 Å². The van der Waals surface area contributed by atoms with E-state index in [-0.39, 0.29) is 10.8 Å². The molecule has 0 aliphatic rings. The molecule has 2 heteroatoms. The lowest BCUT2D eigenvalue weighted by atomic mass is 9.78. The molecule has 108 valence electrons. The Morgan fingerprint density at radius 1 is 0.950 bits per heavy atom. The number of nitrogens with zero attached hydrogens (tertiary/aromatic N) is 1. The summed E-state index contributed by atoms with van der Waals surface area (Å²) in [6, 6.07) is 4.48. The average Bonchev–Trinajstić information content (AvgIpc) is 2.30. The molecule has 0 aliphatic carbocycles. The van der Waals surface area contributed by atoms with Crippen molar-refractivity contribution in [3.05, 3.63) is 40.0 Å². The summed E-state index contributed by atoms with van der Waals surface area (Å²) < 4.78 is 0. The van der Waals surface area contributed by atoms with Gasteiger partial charge in [0.25, 0.3) is 0 Å². The highest BCUT2D eigenvalue weighted by atomic mass is 35.5. The van der Waals surface area contributed by atoms with Crippen molar-refractivity contribution in [2.24, 2.45) is 0 Å². The highest BCUT2D eigenvalue weighted by Crippen LogP contribution is 2.38. The van der Waals surface area contributed by atoms with Crippen LogP contribution >= 0.6 is 11.6 Å². The van der Waals surface area contributed by atoms with Gasteiger partial charge < -0.3 is 0 Å². The fraction of sp³-hybridized carbons (Fsp3) is 0.500. The van der Waals surface area contributed by atoms with Crippen LogP contribution in [0.5, 0.6) is 0 Å². The highest BCUT2D eigenvalue weighted by Gasteiger charge is 2.24. The highest BCUT2D eigenvalue weighted by molar-refractivity contribution is 6.36. The zero-order chi connectivity index (χ0) is 15.3. The predicted molar refractivity (Wildman–Crippen MR) is 88.9 cm³/mol. The van der Waals surface area contributed by atoms with E-state index in [0.717, 1.165) is 21.5 Å². The van der Waals surface area contributed by atoms with E-state index in [1.807, 2.05) is 13.1 Å². The molecule has 1 aromatic heterocycles. The molecule has 0 bridgehead atoms. The second-order valence-electron chi connectivity index (χ2n) is 7.67. The van der Waals surface area contributed by atoms with Crippen LogP contribution in [0, 0.1) is 6.92 Å². The Morgan fingerprint density at radius 3 is 2.05 bits per heavy atom. The molecule has 0 spiro atoms. The van der Waals surface area contributed by atoms with Crippen LogP contribution in [0.15, 0.2) is 18.3 Å². The molecule has 2 rings (SSSR count). The number of fused-ring (bicyclic) bond motifs is 1. The van der Waals surface area contributed by atoms with Crippen molar-refractivity contribution in [1.82, 2.24) is 4.98 Å². The number of hydrogen-bond donors (Lipinski definition) is 0. The number of aromatic nitrogens is 1. The summed E-state index contributed by atoms with van der Waals surface area (Å²) in [5, 5.41) is 1.94. The Bertz CT molecular complexity index is 658. The molecule has 1 aromatic carbocycles. The van der Waals surface area contributed by atoms with E-state index >= 15 is 0 Å². The maximum absolute atomic E-state index is 6.56. The third kappa shape index (κ3) is 2.69. The van der Waals surface area contributed by atoms with Gasteiger partial charge in [-0.1, -0.05) is 59.2 Å². The molecule has 0 N–H and O–H groups in total. The van der Waals surface area contributed by atoms with Gasteiger partial charge in [-0.2, -0.15) is 0 Å². The van der Waals surface area contributed by atoms with Gasteiger partial charge in [0.2, 0.25) is 0 Å². The largest absolute Gasteiger partial charge is 0.256 e. The van der Waals surface area contributed by atoms with Crippen molar-refractivity contribution >= 4 is 22.5 Å². The van der Waals surface area contributed by atoms with E-state index in [1.54, 1.807) is 0 Å². The van der Waals surface area contributed by atoms with Gasteiger partial charge >= 0.3 is 0 Å². The molecule has 0 unspecified atom stereocenters. The SMILES string of the molecule is Cc1cnc2cc(C(C)(C)C)cc(C(C)(C)C)c2c1Cl. The molecule has 1 heterocycles. The lowest BCUT2D eigenvalue weighted by Gasteiger charge is -2.27. The summed E-state index contributed by atoms with van der Waals surface area (Å²) in [7, 11) is 0. The molecule has 1 nitrogen and oxygen atoms in total. The molecule has 0 saturated carbocycles. The van der Waals surface area contributed by atoms with Gasteiger partial charge in [-0.15, -0.1) is 0 Å². The monoisotopic (exact) mass is 289 g/mol. The summed E-state index contributed by atoms with van der Waals surface area (Å²) >= 11 is 6.56. The molecule has 0 radical (unpaired) electrons. The van der Waals surface area contributed by atoms with Crippen LogP contribution in [-0.4, -0.2) is 4.98 Å². The molecular formula is C18H24ClN. The lowest BCUT2D eigenvalue weighted by molar-refractivity contribution is 0.572. The van der Waals surface area contributed by atoms with Crippen molar-refractivity contribution in [3.63, 3.8) is 0 Å². The smallest absolute Gasteiger partial charge is 0.0723 e. The van der Waals surface area contributed by atoms with Crippen LogP contribution < -0.4 is 0 Å². The van der Waals surface area contributed by atoms with E-state index in [0.29, 0.717) is 0 Å². The zero-order valence-corrected chi connectivity index (χ0v) is 14.3. The van der Waals surface area contributed by atoms with E-state index in [9.17, 15) is 0 Å². The van der Waals surface area contributed by atoms with E-state index in [1.165, 1.54) is 11.1 Å². The summed E-state index contributed by atoms with van der Waals surface area (Å²) in [4.78, 5) is 4.61. The fourth-order valence-electron chi connectivity index (χ4n) is 2.40. The molecule has 0 atom stereocenters. The first-order chi connectivity index (χ1) is 9.01. The Labute approximate surface area is 127 Å². The number of rotatable bonds is 0. The standard InChI is InChI=1S/C18H24ClN/c1-11-10-20-14-9-12(17(2,3)4)8-13(18(5,6)7)15(14)16(11)19/h8-10H,1-7H3. The molecule has 2 aromatic rings. The molecule has 0 aliphatic heterocycles. The second-order valence-corrected chi connectivity index (χ2v) is 8.05. The molecule has 0 fully saturated rings. The Hall–Kier alpha value is -1.08. The zero-order valence-electron chi connectivity index (χ0n) is 13.6. The first-order valence-electron chi connectivity index (χ1n) is 7.11. The number of hydrogen-bond acceptors (Lipinski definition) is 1. The number of benzene rings is 1. The molecule has 0 saturated heterocycles. The minimum absolute atomic E-state index is 0.0403. The third-order valence-corrected chi connectivity index (χ3v) is 4.24. The van der Waals surface area contributed by atoms with Crippen LogP contribution in [-0.2, 0) is 10.8 Å². The summed E-state index contributed by atoms with van der Waals surface area (Å²) in [5.41, 5.74) is 4.76. The fourth-order valence-corrected chi connectivity index (χ4v) is 2.65. The molecule has 20 heavy (non-hydrogen) atoms. The lowest BCUT2D eigenvalue weighted by Crippen LogP contribution is -2.17. The number of halogens is 1. The minimum Gasteiger partial charge on any atom is -0.256 e. The first-order valence-corrected chi connectivity index (χ1v) is 7.49. The normalized spacial score (nSPS) is 13.0. The number of pyridine rings is 1. The first kappa shape index (κ1) is 15.3. The third-order valence-electron chi connectivity index (χ3n) is 3.75. The van der Waals surface area contributed by atoms with Crippen molar-refractivity contribution < 1.29 is 0 Å². The predicted octanol–water partition coefficient (Wildman–Crippen LogP) is 5.79. The average molecular weight is 290 g/mol. The van der Waals surface area contributed by atoms with Crippen molar-refractivity contribution in [1.29, 1.82) is 0 Å². The second kappa shape index (κ2) is 4.73. The maximum Gasteiger partial charge on any atom is 0.0723 e. The maximum atomic E-state index is 6.56. The minimum atomic E-state index is 0.0403. The quantitative estimate of drug-likeness (QED) is 0.598. The summed E-state index contributed by atoms with van der Waals surface area (Å²) in [6.45, 7) is 15.4. The van der Waals surface area contributed by atoms with E-state index in [2.05, 4.69) is 58.7 Å². The van der Waals surface area contributed by atoms with Crippen molar-refractivity contribution in [2.45, 2.75) is 59.3 Å². The number of aryl methyl sites for hydroxylation is 1. The Morgan fingerprint density at radius 2 is 1.55 bits per heavy atom. The molecular weight excluding hydrogens is 266 g/mol. The van der Waals surface area contributed by atoms with Gasteiger partial charge in [-0.25, -0.2) is 0 Å². The van der Waals surface area contributed by atoms with Gasteiger partial charge in [-0.05, 0) is 40.5 Å². The van der Waals surface area contributed by atoms with Gasteiger partial charge in [0, 0.05) is 11.6 Å².